The van der Waals surface area contributed by atoms with Crippen LogP contribution in [0.25, 0.3) is 0 Å². The molecule has 0 spiro atoms. The Morgan fingerprint density at radius 1 is 1.14 bits per heavy atom. The molecule has 0 saturated heterocycles. The van der Waals surface area contributed by atoms with Gasteiger partial charge in [0.15, 0.2) is 11.6 Å². The Hall–Kier alpha value is -1.87. The molecule has 0 aliphatic carbocycles. The van der Waals surface area contributed by atoms with Crippen molar-refractivity contribution in [1.29, 1.82) is 0 Å². The summed E-state index contributed by atoms with van der Waals surface area (Å²) >= 11 is 0. The lowest BCUT2D eigenvalue weighted by Crippen LogP contribution is -2.05. The van der Waals surface area contributed by atoms with Gasteiger partial charge in [0.25, 0.3) is 9.05 Å². The summed E-state index contributed by atoms with van der Waals surface area (Å²) in [4.78, 5) is 2.93. The summed E-state index contributed by atoms with van der Waals surface area (Å²) in [6.07, 6.45) is -4.02. The molecule has 0 aliphatic heterocycles. The normalized spacial score (nSPS) is 12.2. The Balaban J connectivity index is 2.24. The van der Waals surface area contributed by atoms with E-state index >= 15 is 0 Å². The summed E-state index contributed by atoms with van der Waals surface area (Å²) in [5.41, 5.74) is -0.982. The van der Waals surface area contributed by atoms with E-state index in [0.29, 0.717) is 12.3 Å². The lowest BCUT2D eigenvalue weighted by molar-refractivity contribution is -0.137. The number of halogens is 5. The Kier molecular flexibility index (Phi) is 4.30. The van der Waals surface area contributed by atoms with Crippen LogP contribution >= 0.6 is 10.7 Å². The number of hydrogen-bond acceptors (Lipinski definition) is 4. The molecule has 4 nitrogen and oxygen atoms in total. The summed E-state index contributed by atoms with van der Waals surface area (Å²) in [6, 6.07) is 4.23. The first-order valence-corrected chi connectivity index (χ1v) is 7.83. The Morgan fingerprint density at radius 2 is 1.82 bits per heavy atom. The van der Waals surface area contributed by atoms with Crippen LogP contribution in [0.1, 0.15) is 5.56 Å². The quantitative estimate of drug-likeness (QED) is 0.617. The van der Waals surface area contributed by atoms with Crippen molar-refractivity contribution in [3.63, 3.8) is 0 Å². The fraction of sp³-hybridized carbons (Fsp3) is 0.0833. The number of hydrogen-bond donors (Lipinski definition) is 0. The monoisotopic (exact) mass is 355 g/mol. The minimum Gasteiger partial charge on any atom is -0.436 e. The molecular weight excluding hydrogens is 350 g/mol. The molecule has 118 valence electrons. The number of pyridine rings is 1. The molecule has 0 atom stereocenters. The van der Waals surface area contributed by atoms with Crippen LogP contribution in [0.2, 0.25) is 0 Å². The summed E-state index contributed by atoms with van der Waals surface area (Å²) < 4.78 is 77.8. The smallest absolute Gasteiger partial charge is 0.417 e. The van der Waals surface area contributed by atoms with Crippen LogP contribution in [0.3, 0.4) is 0 Å². The number of benzene rings is 1. The zero-order valence-corrected chi connectivity index (χ0v) is 12.0. The molecule has 10 heteroatoms. The van der Waals surface area contributed by atoms with Crippen molar-refractivity contribution in [1.82, 2.24) is 4.98 Å². The van der Waals surface area contributed by atoms with E-state index in [0.717, 1.165) is 24.3 Å². The van der Waals surface area contributed by atoms with Crippen molar-refractivity contribution >= 4 is 19.7 Å². The molecule has 0 unspecified atom stereocenters. The Bertz CT molecular complexity index is 791. The van der Waals surface area contributed by atoms with Crippen LogP contribution < -0.4 is 4.74 Å². The van der Waals surface area contributed by atoms with Gasteiger partial charge in [0, 0.05) is 22.9 Å². The number of rotatable bonds is 3. The molecule has 0 amide bonds. The fourth-order valence-electron chi connectivity index (χ4n) is 1.44. The van der Waals surface area contributed by atoms with Crippen LogP contribution in [-0.2, 0) is 15.2 Å². The van der Waals surface area contributed by atoms with E-state index < -0.39 is 37.3 Å². The molecule has 2 rings (SSSR count). The molecule has 0 saturated carbocycles. The van der Waals surface area contributed by atoms with Gasteiger partial charge in [-0.15, -0.1) is 0 Å². The van der Waals surface area contributed by atoms with Crippen LogP contribution in [0.15, 0.2) is 41.4 Å². The van der Waals surface area contributed by atoms with Crippen molar-refractivity contribution in [2.75, 3.05) is 0 Å². The number of ether oxygens (including phenoxy) is 1. The van der Waals surface area contributed by atoms with Gasteiger partial charge in [0.1, 0.15) is 0 Å². The maximum absolute atomic E-state index is 13.7. The van der Waals surface area contributed by atoms with Crippen molar-refractivity contribution in [2.45, 2.75) is 11.1 Å². The van der Waals surface area contributed by atoms with Gasteiger partial charge in [-0.1, -0.05) is 0 Å². The van der Waals surface area contributed by atoms with E-state index in [4.69, 9.17) is 15.4 Å². The van der Waals surface area contributed by atoms with Gasteiger partial charge < -0.3 is 4.74 Å². The first-order valence-electron chi connectivity index (χ1n) is 5.53. The number of alkyl halides is 3. The van der Waals surface area contributed by atoms with E-state index in [1.165, 1.54) is 0 Å². The van der Waals surface area contributed by atoms with Gasteiger partial charge >= 0.3 is 6.18 Å². The Labute approximate surface area is 126 Å². The SMILES string of the molecule is O=S(=O)(Cl)c1ccc(Oc2ccc(C(F)(F)F)cn2)c(F)c1. The average molecular weight is 356 g/mol. The number of nitrogens with zero attached hydrogens (tertiary/aromatic N) is 1. The van der Waals surface area contributed by atoms with Gasteiger partial charge in [-0.05, 0) is 24.3 Å². The maximum Gasteiger partial charge on any atom is 0.417 e. The van der Waals surface area contributed by atoms with E-state index in [2.05, 4.69) is 4.98 Å². The second-order valence-electron chi connectivity index (χ2n) is 4.02. The third-order valence-corrected chi connectivity index (χ3v) is 3.81. The molecule has 22 heavy (non-hydrogen) atoms. The first-order chi connectivity index (χ1) is 10.1. The second kappa shape index (κ2) is 5.73. The van der Waals surface area contributed by atoms with Crippen LogP contribution in [0.4, 0.5) is 17.6 Å². The molecule has 1 aromatic carbocycles. The number of aromatic nitrogens is 1. The van der Waals surface area contributed by atoms with E-state index in [-0.39, 0.29) is 5.88 Å². The summed E-state index contributed by atoms with van der Waals surface area (Å²) in [5.74, 6) is -1.74. The molecule has 1 heterocycles. The molecular formula is C12H6ClF4NO3S. The molecule has 0 bridgehead atoms. The topological polar surface area (TPSA) is 56.3 Å². The summed E-state index contributed by atoms with van der Waals surface area (Å²) in [6.45, 7) is 0. The second-order valence-corrected chi connectivity index (χ2v) is 6.58. The van der Waals surface area contributed by atoms with Crippen molar-refractivity contribution < 1.29 is 30.7 Å². The Morgan fingerprint density at radius 3 is 2.27 bits per heavy atom. The molecule has 0 fully saturated rings. The van der Waals surface area contributed by atoms with Gasteiger partial charge in [0.2, 0.25) is 5.88 Å². The standard InChI is InChI=1S/C12H6ClF4NO3S/c13-22(19,20)8-2-3-10(9(14)5-8)21-11-4-1-7(6-18-11)12(15,16)17/h1-6H. The highest BCUT2D eigenvalue weighted by molar-refractivity contribution is 8.13. The predicted octanol–water partition coefficient (Wildman–Crippen LogP) is 3.96. The highest BCUT2D eigenvalue weighted by Crippen LogP contribution is 2.31. The minimum absolute atomic E-state index is 0.284. The minimum atomic E-state index is -4.55. The zero-order valence-electron chi connectivity index (χ0n) is 10.4. The largest absolute Gasteiger partial charge is 0.436 e. The lowest BCUT2D eigenvalue weighted by atomic mass is 10.3. The zero-order chi connectivity index (χ0) is 16.5. The van der Waals surface area contributed by atoms with E-state index in [1.807, 2.05) is 0 Å². The average Bonchev–Trinajstić information content (AvgIpc) is 2.39. The molecule has 2 aromatic rings. The van der Waals surface area contributed by atoms with Crippen molar-refractivity contribution in [3.8, 4) is 11.6 Å². The van der Waals surface area contributed by atoms with Crippen LogP contribution in [0, 0.1) is 5.82 Å². The molecule has 0 aliphatic rings. The summed E-state index contributed by atoms with van der Waals surface area (Å²) in [5, 5.41) is 0. The molecule has 0 N–H and O–H groups in total. The third kappa shape index (κ3) is 3.86. The molecule has 0 radical (unpaired) electrons. The van der Waals surface area contributed by atoms with Crippen molar-refractivity contribution in [3.05, 3.63) is 47.9 Å². The van der Waals surface area contributed by atoms with E-state index in [9.17, 15) is 26.0 Å². The van der Waals surface area contributed by atoms with Crippen LogP contribution in [0.5, 0.6) is 11.6 Å². The van der Waals surface area contributed by atoms with Crippen LogP contribution in [-0.4, -0.2) is 13.4 Å². The predicted molar refractivity (Wildman–Crippen MR) is 68.8 cm³/mol. The first kappa shape index (κ1) is 16.5. The summed E-state index contributed by atoms with van der Waals surface area (Å²) in [7, 11) is 0.948. The van der Waals surface area contributed by atoms with Crippen molar-refractivity contribution in [2.24, 2.45) is 0 Å². The van der Waals surface area contributed by atoms with Gasteiger partial charge in [-0.3, -0.25) is 0 Å². The fourth-order valence-corrected chi connectivity index (χ4v) is 2.20. The molecule has 1 aromatic heterocycles. The maximum atomic E-state index is 13.7. The van der Waals surface area contributed by atoms with Gasteiger partial charge in [-0.25, -0.2) is 17.8 Å². The third-order valence-electron chi connectivity index (χ3n) is 2.46. The van der Waals surface area contributed by atoms with Gasteiger partial charge in [0.05, 0.1) is 10.5 Å². The lowest BCUT2D eigenvalue weighted by Gasteiger charge is -2.09. The van der Waals surface area contributed by atoms with Gasteiger partial charge in [-0.2, -0.15) is 13.2 Å². The highest BCUT2D eigenvalue weighted by Gasteiger charge is 2.30. The van der Waals surface area contributed by atoms with E-state index in [1.54, 1.807) is 0 Å². The highest BCUT2D eigenvalue weighted by atomic mass is 35.7.